The molecule has 1 unspecified atom stereocenters. The lowest BCUT2D eigenvalue weighted by atomic mass is 9.94. The van der Waals surface area contributed by atoms with Gasteiger partial charge in [0.15, 0.2) is 5.76 Å². The summed E-state index contributed by atoms with van der Waals surface area (Å²) in [4.78, 5) is 29.2. The minimum absolute atomic E-state index is 0.0937. The van der Waals surface area contributed by atoms with Crippen LogP contribution in [0.4, 0.5) is 0 Å². The summed E-state index contributed by atoms with van der Waals surface area (Å²) in [5, 5.41) is 3.21. The van der Waals surface area contributed by atoms with Gasteiger partial charge in [-0.05, 0) is 48.7 Å². The average Bonchev–Trinajstić information content (AvgIpc) is 3.44. The van der Waals surface area contributed by atoms with Crippen molar-refractivity contribution in [3.8, 4) is 11.5 Å². The molecule has 35 heavy (non-hydrogen) atoms. The predicted octanol–water partition coefficient (Wildman–Crippen LogP) is 5.13. The number of furan rings is 1. The van der Waals surface area contributed by atoms with Crippen molar-refractivity contribution < 1.29 is 23.5 Å². The third-order valence-electron chi connectivity index (χ3n) is 6.45. The maximum Gasteiger partial charge on any atom is 0.290 e. The van der Waals surface area contributed by atoms with Crippen molar-refractivity contribution in [1.29, 1.82) is 0 Å². The lowest BCUT2D eigenvalue weighted by molar-refractivity contribution is -0.127. The fraction of sp³-hybridized carbons (Fsp3) is 0.357. The molecule has 1 fully saturated rings. The van der Waals surface area contributed by atoms with Crippen molar-refractivity contribution >= 4 is 11.8 Å². The van der Waals surface area contributed by atoms with Gasteiger partial charge >= 0.3 is 0 Å². The van der Waals surface area contributed by atoms with Gasteiger partial charge in [0.25, 0.3) is 5.91 Å². The third kappa shape index (κ3) is 5.85. The van der Waals surface area contributed by atoms with Crippen LogP contribution in [0.3, 0.4) is 0 Å². The van der Waals surface area contributed by atoms with Crippen LogP contribution in [0.1, 0.15) is 59.8 Å². The normalized spacial score (nSPS) is 14.7. The fourth-order valence-corrected chi connectivity index (χ4v) is 4.65. The first kappa shape index (κ1) is 24.4. The van der Waals surface area contributed by atoms with E-state index in [1.165, 1.54) is 12.7 Å². The molecule has 7 heteroatoms. The van der Waals surface area contributed by atoms with Gasteiger partial charge in [-0.2, -0.15) is 0 Å². The molecule has 1 heterocycles. The Morgan fingerprint density at radius 3 is 2.51 bits per heavy atom. The maximum atomic E-state index is 13.9. The van der Waals surface area contributed by atoms with E-state index in [-0.39, 0.29) is 30.2 Å². The summed E-state index contributed by atoms with van der Waals surface area (Å²) in [6.45, 7) is 0.156. The first-order chi connectivity index (χ1) is 17.1. The van der Waals surface area contributed by atoms with E-state index in [0.29, 0.717) is 17.1 Å². The monoisotopic (exact) mass is 476 g/mol. The number of benzene rings is 2. The zero-order chi connectivity index (χ0) is 24.6. The van der Waals surface area contributed by atoms with Crippen molar-refractivity contribution in [2.45, 2.75) is 50.7 Å². The van der Waals surface area contributed by atoms with Gasteiger partial charge in [0.1, 0.15) is 17.5 Å². The summed E-state index contributed by atoms with van der Waals surface area (Å²) in [5.41, 5.74) is 1.45. The summed E-state index contributed by atoms with van der Waals surface area (Å²) in [6, 6.07) is 17.3. The first-order valence-electron chi connectivity index (χ1n) is 12.0. The molecule has 184 valence electrons. The quantitative estimate of drug-likeness (QED) is 0.463. The second-order valence-corrected chi connectivity index (χ2v) is 8.74. The summed E-state index contributed by atoms with van der Waals surface area (Å²) in [6.07, 6.45) is 6.69. The Morgan fingerprint density at radius 2 is 1.80 bits per heavy atom. The van der Waals surface area contributed by atoms with Crippen LogP contribution in [0.25, 0.3) is 0 Å². The number of para-hydroxylation sites is 1. The van der Waals surface area contributed by atoms with Crippen molar-refractivity contribution in [2.24, 2.45) is 0 Å². The Balaban J connectivity index is 1.77. The summed E-state index contributed by atoms with van der Waals surface area (Å²) < 4.78 is 16.4. The Kier molecular flexibility index (Phi) is 8.08. The standard InChI is InChI=1S/C28H32N2O5/c1-33-23-14-8-11-20(18-23)26(27(31)29-22-12-4-3-5-13-22)30(28(32)25-16-9-17-35-25)19-21-10-6-7-15-24(21)34-2/h6-11,14-18,22,26H,3-5,12-13,19H2,1-2H3,(H,29,31). The van der Waals surface area contributed by atoms with Gasteiger partial charge in [-0.1, -0.05) is 49.6 Å². The Bertz CT molecular complexity index is 1120. The van der Waals surface area contributed by atoms with Crippen LogP contribution < -0.4 is 14.8 Å². The van der Waals surface area contributed by atoms with Gasteiger partial charge < -0.3 is 24.1 Å². The van der Waals surface area contributed by atoms with E-state index in [1.807, 2.05) is 42.5 Å². The molecule has 1 aromatic heterocycles. The summed E-state index contributed by atoms with van der Waals surface area (Å²) in [5.74, 6) is 0.813. The SMILES string of the molecule is COc1cccc(C(C(=O)NC2CCCCC2)N(Cc2ccccc2OC)C(=O)c2ccco2)c1. The number of hydrogen-bond acceptors (Lipinski definition) is 5. The molecule has 0 aliphatic heterocycles. The molecule has 1 atom stereocenters. The second kappa shape index (κ2) is 11.6. The number of carbonyl (C=O) groups excluding carboxylic acids is 2. The number of nitrogens with one attached hydrogen (secondary N) is 1. The Morgan fingerprint density at radius 1 is 1.00 bits per heavy atom. The molecule has 1 aliphatic rings. The second-order valence-electron chi connectivity index (χ2n) is 8.74. The number of ether oxygens (including phenoxy) is 2. The van der Waals surface area contributed by atoms with Crippen LogP contribution in [0, 0.1) is 0 Å². The van der Waals surface area contributed by atoms with Crippen LogP contribution in [0.5, 0.6) is 11.5 Å². The first-order valence-corrected chi connectivity index (χ1v) is 12.0. The van der Waals surface area contributed by atoms with Crippen LogP contribution in [-0.2, 0) is 11.3 Å². The van der Waals surface area contributed by atoms with Crippen molar-refractivity contribution in [3.63, 3.8) is 0 Å². The minimum atomic E-state index is -0.894. The third-order valence-corrected chi connectivity index (χ3v) is 6.45. The fourth-order valence-electron chi connectivity index (χ4n) is 4.65. The highest BCUT2D eigenvalue weighted by atomic mass is 16.5. The van der Waals surface area contributed by atoms with Crippen molar-refractivity contribution in [1.82, 2.24) is 10.2 Å². The molecule has 0 radical (unpaired) electrons. The van der Waals surface area contributed by atoms with E-state index >= 15 is 0 Å². The molecular formula is C28H32N2O5. The Hall–Kier alpha value is -3.74. The van der Waals surface area contributed by atoms with Crippen LogP contribution in [-0.4, -0.2) is 37.0 Å². The molecule has 7 nitrogen and oxygen atoms in total. The average molecular weight is 477 g/mol. The summed E-state index contributed by atoms with van der Waals surface area (Å²) in [7, 11) is 3.17. The van der Waals surface area contributed by atoms with Gasteiger partial charge in [-0.3, -0.25) is 9.59 Å². The molecule has 0 saturated heterocycles. The minimum Gasteiger partial charge on any atom is -0.497 e. The number of nitrogens with zero attached hydrogens (tertiary/aromatic N) is 1. The van der Waals surface area contributed by atoms with Crippen LogP contribution in [0.2, 0.25) is 0 Å². The topological polar surface area (TPSA) is 81.0 Å². The van der Waals surface area contributed by atoms with Gasteiger partial charge in [0.2, 0.25) is 5.91 Å². The molecule has 3 aromatic rings. The summed E-state index contributed by atoms with van der Waals surface area (Å²) >= 11 is 0. The predicted molar refractivity (Wildman–Crippen MR) is 132 cm³/mol. The molecule has 0 bridgehead atoms. The van der Waals surface area contributed by atoms with Gasteiger partial charge in [0.05, 0.1) is 27.0 Å². The molecule has 0 spiro atoms. The number of carbonyl (C=O) groups is 2. The number of methoxy groups -OCH3 is 2. The van der Waals surface area contributed by atoms with E-state index in [4.69, 9.17) is 13.9 Å². The molecule has 2 amide bonds. The van der Waals surface area contributed by atoms with E-state index in [9.17, 15) is 9.59 Å². The molecule has 4 rings (SSSR count). The van der Waals surface area contributed by atoms with Gasteiger partial charge in [-0.15, -0.1) is 0 Å². The van der Waals surface area contributed by atoms with E-state index < -0.39 is 6.04 Å². The highest BCUT2D eigenvalue weighted by Crippen LogP contribution is 2.31. The molecule has 2 aromatic carbocycles. The molecule has 1 aliphatic carbocycles. The highest BCUT2D eigenvalue weighted by Gasteiger charge is 2.35. The largest absolute Gasteiger partial charge is 0.497 e. The van der Waals surface area contributed by atoms with Crippen molar-refractivity contribution in [3.05, 3.63) is 83.8 Å². The molecule has 1 saturated carbocycles. The smallest absolute Gasteiger partial charge is 0.290 e. The van der Waals surface area contributed by atoms with Crippen LogP contribution in [0.15, 0.2) is 71.3 Å². The zero-order valence-electron chi connectivity index (χ0n) is 20.2. The number of rotatable bonds is 9. The highest BCUT2D eigenvalue weighted by molar-refractivity contribution is 5.96. The number of amides is 2. The lowest BCUT2D eigenvalue weighted by Crippen LogP contribution is -2.46. The molecular weight excluding hydrogens is 444 g/mol. The zero-order valence-corrected chi connectivity index (χ0v) is 20.2. The lowest BCUT2D eigenvalue weighted by Gasteiger charge is -2.33. The van der Waals surface area contributed by atoms with E-state index in [2.05, 4.69) is 5.32 Å². The van der Waals surface area contributed by atoms with Gasteiger partial charge in [-0.25, -0.2) is 0 Å². The number of hydrogen-bond donors (Lipinski definition) is 1. The van der Waals surface area contributed by atoms with E-state index in [0.717, 1.165) is 31.2 Å². The van der Waals surface area contributed by atoms with Gasteiger partial charge in [0, 0.05) is 11.6 Å². The maximum absolute atomic E-state index is 13.9. The van der Waals surface area contributed by atoms with Crippen molar-refractivity contribution in [2.75, 3.05) is 14.2 Å². The molecule has 1 N–H and O–H groups in total. The van der Waals surface area contributed by atoms with Crippen LogP contribution >= 0.6 is 0 Å². The van der Waals surface area contributed by atoms with E-state index in [1.54, 1.807) is 37.3 Å². The Labute approximate surface area is 206 Å².